The van der Waals surface area contributed by atoms with Crippen molar-refractivity contribution in [1.82, 2.24) is 25.7 Å². The Morgan fingerprint density at radius 1 is 1.26 bits per heavy atom. The van der Waals surface area contributed by atoms with E-state index < -0.39 is 63.9 Å². The van der Waals surface area contributed by atoms with E-state index in [2.05, 4.69) is 19.3 Å². The van der Waals surface area contributed by atoms with Gasteiger partial charge in [0.05, 0.1) is 12.9 Å². The topological polar surface area (TPSA) is 279 Å². The predicted molar refractivity (Wildman–Crippen MR) is 115 cm³/mol. The molecule has 1 saturated heterocycles. The molecule has 0 amide bonds. The molecule has 3 heterocycles. The number of aromatic nitrogens is 4. The van der Waals surface area contributed by atoms with Crippen molar-refractivity contribution < 1.29 is 51.6 Å². The van der Waals surface area contributed by atoms with Gasteiger partial charge in [-0.15, -0.1) is 0 Å². The number of aromatic amines is 1. The van der Waals surface area contributed by atoms with E-state index in [0.29, 0.717) is 0 Å². The van der Waals surface area contributed by atoms with E-state index in [-0.39, 0.29) is 23.3 Å². The van der Waals surface area contributed by atoms with Crippen molar-refractivity contribution in [3.63, 3.8) is 0 Å². The third-order valence-electron chi connectivity index (χ3n) is 4.25. The number of nitrogens with one attached hydrogen (secondary N) is 1. The average molecular weight is 538 g/mol. The number of ether oxygens (including phenoxy) is 3. The minimum Gasteiger partial charge on any atom is -0.456 e. The summed E-state index contributed by atoms with van der Waals surface area (Å²) < 4.78 is 49.1. The van der Waals surface area contributed by atoms with Crippen LogP contribution in [0.2, 0.25) is 0 Å². The van der Waals surface area contributed by atoms with Crippen molar-refractivity contribution in [3.05, 3.63) is 16.7 Å². The lowest BCUT2D eigenvalue weighted by molar-refractivity contribution is -0.165. The Morgan fingerprint density at radius 3 is 2.43 bits per heavy atom. The number of fused-ring (bicyclic) bond motifs is 1. The SMILES string of the molecule is N.[B]P(=O)(OC[C@H]1O[C@@H](n2cnc3c(=O)[nH]c(N)nc32)[C@H](OC(C)=O)[C@@H]1OC(C)=O)OP(=O)(O)O. The number of carbonyl (C=O) groups is 2. The fourth-order valence-corrected chi connectivity index (χ4v) is 4.93. The van der Waals surface area contributed by atoms with Crippen molar-refractivity contribution in [2.75, 3.05) is 12.3 Å². The largest absolute Gasteiger partial charge is 0.476 e. The number of H-pyrrole nitrogens is 1. The minimum atomic E-state index is -5.28. The third-order valence-corrected chi connectivity index (χ3v) is 6.52. The molecule has 0 spiro atoms. The van der Waals surface area contributed by atoms with Gasteiger partial charge < -0.3 is 40.4 Å². The Morgan fingerprint density at radius 2 is 1.86 bits per heavy atom. The number of nitrogen functional groups attached to an aromatic ring is 1. The van der Waals surface area contributed by atoms with Crippen LogP contribution in [-0.2, 0) is 41.8 Å². The van der Waals surface area contributed by atoms with E-state index in [4.69, 9.17) is 41.8 Å². The molecular weight excluding hydrogens is 517 g/mol. The van der Waals surface area contributed by atoms with Crippen LogP contribution in [0.5, 0.6) is 0 Å². The molecule has 5 atom stereocenters. The molecule has 2 aromatic rings. The number of rotatable bonds is 8. The highest BCUT2D eigenvalue weighted by molar-refractivity contribution is 7.83. The van der Waals surface area contributed by atoms with E-state index in [1.165, 1.54) is 4.57 Å². The van der Waals surface area contributed by atoms with Crippen LogP contribution in [0.1, 0.15) is 20.1 Å². The summed E-state index contributed by atoms with van der Waals surface area (Å²) in [5, 5.41) is 0. The second-order valence-electron chi connectivity index (χ2n) is 6.90. The van der Waals surface area contributed by atoms with Crippen molar-refractivity contribution >= 4 is 51.9 Å². The summed E-state index contributed by atoms with van der Waals surface area (Å²) in [5.41, 5.74) is 4.72. The first-order chi connectivity index (χ1) is 15.7. The zero-order valence-corrected chi connectivity index (χ0v) is 20.0. The fourth-order valence-electron chi connectivity index (χ4n) is 3.20. The van der Waals surface area contributed by atoms with Crippen LogP contribution in [0, 0.1) is 0 Å². The Balaban J connectivity index is 0.00000432. The second kappa shape index (κ2) is 10.6. The van der Waals surface area contributed by atoms with Gasteiger partial charge in [-0.05, 0) is 0 Å². The Kier molecular flexibility index (Phi) is 8.63. The number of nitrogens with two attached hydrogens (primary N) is 1. The molecule has 0 aliphatic carbocycles. The molecule has 1 aliphatic rings. The average Bonchev–Trinajstić information content (AvgIpc) is 3.20. The van der Waals surface area contributed by atoms with Gasteiger partial charge >= 0.3 is 19.8 Å². The van der Waals surface area contributed by atoms with Crippen LogP contribution in [0.15, 0.2) is 11.1 Å². The van der Waals surface area contributed by atoms with Gasteiger partial charge in [0.1, 0.15) is 6.10 Å². The first kappa shape index (κ1) is 28.6. The molecular formula is C14H21BN6O12P2. The molecule has 8 N–H and O–H groups in total. The van der Waals surface area contributed by atoms with Gasteiger partial charge in [0.25, 0.3) is 13.0 Å². The second-order valence-corrected chi connectivity index (χ2v) is 9.87. The molecule has 192 valence electrons. The van der Waals surface area contributed by atoms with Crippen LogP contribution in [0.4, 0.5) is 5.95 Å². The summed E-state index contributed by atoms with van der Waals surface area (Å²) in [6.45, 7) is 1.33. The standard InChI is InChI=1S/C14H18BN5O12P2.H3N/c1-5(21)29-9-7(3-28-33(15,24)32-34(25,26)27)31-13(10(9)30-6(2)22)20-4-17-8-11(20)18-14(16)19-12(8)23;/h4,7,9-10,13H,3H2,1-2H3,(H2,25,26,27)(H3,16,18,19,23);1H3/t7-,9-,10-,13-,33?;/m1./s1. The van der Waals surface area contributed by atoms with Crippen LogP contribution >= 0.6 is 15.3 Å². The molecule has 0 saturated carbocycles. The van der Waals surface area contributed by atoms with Gasteiger partial charge in [-0.2, -0.15) is 4.98 Å². The monoisotopic (exact) mass is 538 g/mol. The van der Waals surface area contributed by atoms with Gasteiger partial charge in [-0.25, -0.2) is 13.9 Å². The molecule has 1 unspecified atom stereocenters. The molecule has 1 aliphatic heterocycles. The van der Waals surface area contributed by atoms with E-state index >= 15 is 0 Å². The van der Waals surface area contributed by atoms with Crippen molar-refractivity contribution in [3.8, 4) is 0 Å². The normalized spacial score (nSPS) is 23.9. The molecule has 18 nitrogen and oxygen atoms in total. The summed E-state index contributed by atoms with van der Waals surface area (Å²) >= 11 is 0. The van der Waals surface area contributed by atoms with Gasteiger partial charge in [0.2, 0.25) is 13.5 Å². The molecule has 0 bridgehead atoms. The van der Waals surface area contributed by atoms with E-state index in [0.717, 1.165) is 20.2 Å². The summed E-state index contributed by atoms with van der Waals surface area (Å²) in [4.78, 5) is 63.4. The van der Waals surface area contributed by atoms with Crippen LogP contribution in [0.3, 0.4) is 0 Å². The lowest BCUT2D eigenvalue weighted by Gasteiger charge is -2.24. The number of hydrogen-bond acceptors (Lipinski definition) is 14. The minimum absolute atomic E-state index is 0. The highest BCUT2D eigenvalue weighted by atomic mass is 31.3. The maximum atomic E-state index is 12.1. The smallest absolute Gasteiger partial charge is 0.456 e. The lowest BCUT2D eigenvalue weighted by Crippen LogP contribution is -2.40. The quantitative estimate of drug-likeness (QED) is 0.153. The van der Waals surface area contributed by atoms with Crippen molar-refractivity contribution in [1.29, 1.82) is 0 Å². The molecule has 35 heavy (non-hydrogen) atoms. The number of anilines is 1. The first-order valence-corrected chi connectivity index (χ1v) is 12.3. The Hall–Kier alpha value is -2.63. The van der Waals surface area contributed by atoms with Crippen molar-refractivity contribution in [2.24, 2.45) is 0 Å². The summed E-state index contributed by atoms with van der Waals surface area (Å²) in [6.07, 6.45) is -4.30. The van der Waals surface area contributed by atoms with Crippen LogP contribution in [-0.4, -0.2) is 73.7 Å². The Bertz CT molecular complexity index is 1260. The number of nitrogens with zero attached hydrogens (tertiary/aromatic N) is 3. The van der Waals surface area contributed by atoms with Gasteiger partial charge in [-0.1, -0.05) is 0 Å². The van der Waals surface area contributed by atoms with Crippen molar-refractivity contribution in [2.45, 2.75) is 38.4 Å². The molecule has 2 radical (unpaired) electrons. The first-order valence-electron chi connectivity index (χ1n) is 9.19. The zero-order chi connectivity index (χ0) is 25.4. The number of phosphoric acid groups is 1. The fraction of sp³-hybridized carbons (Fsp3) is 0.500. The van der Waals surface area contributed by atoms with Crippen LogP contribution in [0.25, 0.3) is 11.2 Å². The molecule has 3 rings (SSSR count). The highest BCUT2D eigenvalue weighted by Gasteiger charge is 2.51. The summed E-state index contributed by atoms with van der Waals surface area (Å²) in [6, 6.07) is 0. The number of carbonyl (C=O) groups excluding carboxylic acids is 2. The summed E-state index contributed by atoms with van der Waals surface area (Å²) in [5.74, 6) is -1.88. The molecule has 21 heteroatoms. The third kappa shape index (κ3) is 6.96. The van der Waals surface area contributed by atoms with Crippen LogP contribution < -0.4 is 17.4 Å². The van der Waals surface area contributed by atoms with Gasteiger partial charge in [0.15, 0.2) is 29.6 Å². The molecule has 1 fully saturated rings. The zero-order valence-electron chi connectivity index (χ0n) is 18.2. The summed E-state index contributed by atoms with van der Waals surface area (Å²) in [7, 11) is -4.90. The molecule has 0 aromatic carbocycles. The molecule has 2 aromatic heterocycles. The van der Waals surface area contributed by atoms with Gasteiger partial charge in [0, 0.05) is 13.8 Å². The Labute approximate surface area is 197 Å². The lowest BCUT2D eigenvalue weighted by atomic mass is 10.1. The van der Waals surface area contributed by atoms with E-state index in [1.807, 2.05) is 0 Å². The van der Waals surface area contributed by atoms with E-state index in [1.54, 1.807) is 0 Å². The number of imidazole rings is 1. The number of hydrogen-bond donors (Lipinski definition) is 5. The number of esters is 2. The maximum Gasteiger partial charge on any atom is 0.476 e. The van der Waals surface area contributed by atoms with E-state index in [9.17, 15) is 23.5 Å². The van der Waals surface area contributed by atoms with Gasteiger partial charge in [-0.3, -0.25) is 28.5 Å². The highest BCUT2D eigenvalue weighted by Crippen LogP contribution is 2.57. The maximum absolute atomic E-state index is 12.1. The predicted octanol–water partition coefficient (Wildman–Crippen LogP) is -0.973.